The van der Waals surface area contributed by atoms with Crippen LogP contribution in [0.25, 0.3) is 0 Å². The monoisotopic (exact) mass is 360 g/mol. The third-order valence-electron chi connectivity index (χ3n) is 3.59. The number of benzene rings is 1. The number of aliphatic hydroxyl groups is 1. The van der Waals surface area contributed by atoms with E-state index < -0.39 is 17.4 Å². The minimum absolute atomic E-state index is 0.0957. The van der Waals surface area contributed by atoms with Crippen LogP contribution in [-0.2, 0) is 11.3 Å². The van der Waals surface area contributed by atoms with Crippen LogP contribution in [0.1, 0.15) is 26.3 Å². The summed E-state index contributed by atoms with van der Waals surface area (Å²) in [7, 11) is 2.62. The van der Waals surface area contributed by atoms with Gasteiger partial charge in [-0.15, -0.1) is 0 Å². The summed E-state index contributed by atoms with van der Waals surface area (Å²) in [5.41, 5.74) is 0.146. The molecule has 0 saturated heterocycles. The summed E-state index contributed by atoms with van der Waals surface area (Å²) in [4.78, 5) is 36.4. The first kappa shape index (κ1) is 19.2. The first-order valence-corrected chi connectivity index (χ1v) is 7.87. The molecule has 8 nitrogen and oxygen atoms in total. The number of nitrogens with zero attached hydrogens (tertiary/aromatic N) is 1. The van der Waals surface area contributed by atoms with Gasteiger partial charge in [0, 0.05) is 13.2 Å². The SMILES string of the molecule is CNC(=O)c1cc(C(=O)OC)cn(Cc2cccc(OCCO)c2)c1=O. The van der Waals surface area contributed by atoms with Gasteiger partial charge >= 0.3 is 5.97 Å². The fraction of sp³-hybridized carbons (Fsp3) is 0.278. The van der Waals surface area contributed by atoms with Gasteiger partial charge in [-0.3, -0.25) is 9.59 Å². The van der Waals surface area contributed by atoms with Crippen molar-refractivity contribution in [2.24, 2.45) is 0 Å². The first-order valence-electron chi connectivity index (χ1n) is 7.87. The number of carbonyl (C=O) groups excluding carboxylic acids is 2. The van der Waals surface area contributed by atoms with Crippen molar-refractivity contribution in [2.45, 2.75) is 6.54 Å². The minimum Gasteiger partial charge on any atom is -0.491 e. The van der Waals surface area contributed by atoms with E-state index in [-0.39, 0.29) is 30.9 Å². The minimum atomic E-state index is -0.649. The number of esters is 1. The maximum absolute atomic E-state index is 12.6. The molecule has 0 atom stereocenters. The zero-order valence-corrected chi connectivity index (χ0v) is 14.5. The van der Waals surface area contributed by atoms with Crippen LogP contribution < -0.4 is 15.6 Å². The van der Waals surface area contributed by atoms with E-state index in [9.17, 15) is 14.4 Å². The molecule has 1 aromatic carbocycles. The molecule has 0 radical (unpaired) electrons. The van der Waals surface area contributed by atoms with Crippen molar-refractivity contribution in [1.82, 2.24) is 9.88 Å². The van der Waals surface area contributed by atoms with Crippen molar-refractivity contribution in [1.29, 1.82) is 0 Å². The largest absolute Gasteiger partial charge is 0.491 e. The van der Waals surface area contributed by atoms with Crippen molar-refractivity contribution < 1.29 is 24.2 Å². The van der Waals surface area contributed by atoms with Gasteiger partial charge in [0.1, 0.15) is 17.9 Å². The third kappa shape index (κ3) is 4.48. The average molecular weight is 360 g/mol. The first-order chi connectivity index (χ1) is 12.5. The molecule has 0 fully saturated rings. The van der Waals surface area contributed by atoms with Gasteiger partial charge in [-0.05, 0) is 23.8 Å². The zero-order valence-electron chi connectivity index (χ0n) is 14.5. The average Bonchev–Trinajstić information content (AvgIpc) is 2.67. The molecule has 2 aromatic rings. The Morgan fingerprint density at radius 2 is 2.04 bits per heavy atom. The van der Waals surface area contributed by atoms with Gasteiger partial charge in [0.2, 0.25) is 0 Å². The van der Waals surface area contributed by atoms with Crippen LogP contribution in [0, 0.1) is 0 Å². The molecule has 2 N–H and O–H groups in total. The Kier molecular flexibility index (Phi) is 6.51. The molecule has 1 heterocycles. The van der Waals surface area contributed by atoms with Crippen molar-refractivity contribution in [3.8, 4) is 5.75 Å². The second kappa shape index (κ2) is 8.82. The second-order valence-electron chi connectivity index (χ2n) is 5.37. The molecular weight excluding hydrogens is 340 g/mol. The predicted molar refractivity (Wildman–Crippen MR) is 93.6 cm³/mol. The fourth-order valence-corrected chi connectivity index (χ4v) is 2.37. The van der Waals surface area contributed by atoms with Crippen molar-refractivity contribution in [3.63, 3.8) is 0 Å². The highest BCUT2D eigenvalue weighted by atomic mass is 16.5. The van der Waals surface area contributed by atoms with Crippen molar-refractivity contribution in [2.75, 3.05) is 27.4 Å². The molecule has 0 aliphatic heterocycles. The molecule has 0 aliphatic carbocycles. The van der Waals surface area contributed by atoms with E-state index in [1.165, 1.54) is 31.0 Å². The van der Waals surface area contributed by atoms with Gasteiger partial charge in [-0.2, -0.15) is 0 Å². The Morgan fingerprint density at radius 3 is 2.69 bits per heavy atom. The van der Waals surface area contributed by atoms with Crippen LogP contribution in [0.3, 0.4) is 0 Å². The van der Waals surface area contributed by atoms with Crippen LogP contribution in [0.4, 0.5) is 0 Å². The molecule has 0 spiro atoms. The third-order valence-corrected chi connectivity index (χ3v) is 3.59. The molecule has 0 unspecified atom stereocenters. The van der Waals surface area contributed by atoms with E-state index in [2.05, 4.69) is 10.1 Å². The molecule has 138 valence electrons. The smallest absolute Gasteiger partial charge is 0.339 e. The summed E-state index contributed by atoms with van der Waals surface area (Å²) in [6.45, 7) is 0.173. The predicted octanol–water partition coefficient (Wildman–Crippen LogP) is 0.414. The Labute approximate surface area is 150 Å². The molecule has 2 rings (SSSR count). The highest BCUT2D eigenvalue weighted by Crippen LogP contribution is 2.14. The summed E-state index contributed by atoms with van der Waals surface area (Å²) in [6.07, 6.45) is 1.35. The van der Waals surface area contributed by atoms with E-state index in [1.54, 1.807) is 24.3 Å². The highest BCUT2D eigenvalue weighted by molar-refractivity contribution is 5.97. The topological polar surface area (TPSA) is 107 Å². The van der Waals surface area contributed by atoms with E-state index in [0.29, 0.717) is 5.75 Å². The fourth-order valence-electron chi connectivity index (χ4n) is 2.37. The van der Waals surface area contributed by atoms with Crippen molar-refractivity contribution >= 4 is 11.9 Å². The number of hydrogen-bond donors (Lipinski definition) is 2. The van der Waals surface area contributed by atoms with Gasteiger partial charge in [0.15, 0.2) is 0 Å². The lowest BCUT2D eigenvalue weighted by Gasteiger charge is -2.12. The normalized spacial score (nSPS) is 10.3. The number of hydrogen-bond acceptors (Lipinski definition) is 6. The maximum atomic E-state index is 12.6. The molecule has 0 bridgehead atoms. The number of aliphatic hydroxyl groups excluding tert-OH is 1. The van der Waals surface area contributed by atoms with Gasteiger partial charge in [0.05, 0.1) is 25.8 Å². The van der Waals surface area contributed by atoms with Gasteiger partial charge in [-0.1, -0.05) is 12.1 Å². The molecule has 8 heteroatoms. The van der Waals surface area contributed by atoms with Gasteiger partial charge in [-0.25, -0.2) is 4.79 Å². The Bertz CT molecular complexity index is 859. The van der Waals surface area contributed by atoms with E-state index in [4.69, 9.17) is 9.84 Å². The highest BCUT2D eigenvalue weighted by Gasteiger charge is 2.17. The van der Waals surface area contributed by atoms with Crippen molar-refractivity contribution in [3.05, 3.63) is 63.6 Å². The summed E-state index contributed by atoms with van der Waals surface area (Å²) in [5.74, 6) is -0.696. The van der Waals surface area contributed by atoms with Crippen LogP contribution in [-0.4, -0.2) is 48.9 Å². The number of methoxy groups -OCH3 is 1. The number of pyridine rings is 1. The number of carbonyl (C=O) groups is 2. The van der Waals surface area contributed by atoms with E-state index >= 15 is 0 Å². The molecule has 1 aromatic heterocycles. The number of nitrogens with one attached hydrogen (secondary N) is 1. The van der Waals surface area contributed by atoms with Crippen LogP contribution in [0.15, 0.2) is 41.3 Å². The molecular formula is C18H20N2O6. The van der Waals surface area contributed by atoms with Crippen LogP contribution in [0.2, 0.25) is 0 Å². The summed E-state index contributed by atoms with van der Waals surface area (Å²) < 4.78 is 11.3. The second-order valence-corrected chi connectivity index (χ2v) is 5.37. The quantitative estimate of drug-likeness (QED) is 0.693. The van der Waals surface area contributed by atoms with Gasteiger partial charge in [0.25, 0.3) is 11.5 Å². The maximum Gasteiger partial charge on any atom is 0.339 e. The zero-order chi connectivity index (χ0) is 19.1. The standard InChI is InChI=1S/C18H20N2O6/c1-19-16(22)15-9-13(18(24)25-2)11-20(17(15)23)10-12-4-3-5-14(8-12)26-7-6-21/h3-5,8-9,11,21H,6-7,10H2,1-2H3,(H,19,22). The lowest BCUT2D eigenvalue weighted by molar-refractivity contribution is 0.0599. The molecule has 26 heavy (non-hydrogen) atoms. The molecule has 0 saturated carbocycles. The lowest BCUT2D eigenvalue weighted by atomic mass is 10.1. The Balaban J connectivity index is 2.43. The lowest BCUT2D eigenvalue weighted by Crippen LogP contribution is -2.32. The summed E-state index contributed by atoms with van der Waals surface area (Å²) >= 11 is 0. The van der Waals surface area contributed by atoms with E-state index in [1.807, 2.05) is 0 Å². The summed E-state index contributed by atoms with van der Waals surface area (Å²) in [6, 6.07) is 8.18. The Hall–Kier alpha value is -3.13. The number of rotatable bonds is 7. The molecule has 1 amide bonds. The number of amides is 1. The number of ether oxygens (including phenoxy) is 2. The number of aromatic nitrogens is 1. The van der Waals surface area contributed by atoms with Gasteiger partial charge < -0.3 is 24.5 Å². The molecule has 0 aliphatic rings. The van der Waals surface area contributed by atoms with Crippen LogP contribution >= 0.6 is 0 Å². The Morgan fingerprint density at radius 1 is 1.27 bits per heavy atom. The van der Waals surface area contributed by atoms with E-state index in [0.717, 1.165) is 5.56 Å². The van der Waals surface area contributed by atoms with Crippen LogP contribution in [0.5, 0.6) is 5.75 Å². The summed E-state index contributed by atoms with van der Waals surface area (Å²) in [5, 5.41) is 11.2.